The van der Waals surface area contributed by atoms with Gasteiger partial charge in [0.15, 0.2) is 0 Å². The summed E-state index contributed by atoms with van der Waals surface area (Å²) in [6.07, 6.45) is 0. The smallest absolute Gasteiger partial charge is 0.319 e. The highest BCUT2D eigenvalue weighted by atomic mass is 16.5. The van der Waals surface area contributed by atoms with Crippen LogP contribution in [-0.2, 0) is 4.74 Å². The van der Waals surface area contributed by atoms with Gasteiger partial charge >= 0.3 is 6.03 Å². The Labute approximate surface area is 89.6 Å². The predicted molar refractivity (Wildman–Crippen MR) is 60.0 cm³/mol. The molecule has 0 aliphatic rings. The number of para-hydroxylation sites is 1. The number of amides is 2. The molecule has 4 heteroatoms. The number of nitrogens with one attached hydrogen (secondary N) is 2. The number of hydrogen-bond acceptors (Lipinski definition) is 2. The Morgan fingerprint density at radius 3 is 2.73 bits per heavy atom. The maximum absolute atomic E-state index is 11.3. The van der Waals surface area contributed by atoms with Crippen LogP contribution >= 0.6 is 0 Å². The molecule has 4 nitrogen and oxygen atoms in total. The zero-order chi connectivity index (χ0) is 10.9. The number of anilines is 1. The predicted octanol–water partition coefficient (Wildman–Crippen LogP) is 1.84. The fourth-order valence-electron chi connectivity index (χ4n) is 1.08. The van der Waals surface area contributed by atoms with Crippen molar-refractivity contribution in [1.29, 1.82) is 0 Å². The Balaban J connectivity index is 2.19. The molecule has 0 heterocycles. The SMILES string of the molecule is CCOCCNC(=O)Nc1ccccc1. The van der Waals surface area contributed by atoms with Crippen LogP contribution in [0.1, 0.15) is 6.92 Å². The van der Waals surface area contributed by atoms with Gasteiger partial charge < -0.3 is 15.4 Å². The van der Waals surface area contributed by atoms with E-state index in [2.05, 4.69) is 10.6 Å². The van der Waals surface area contributed by atoms with Gasteiger partial charge in [-0.1, -0.05) is 18.2 Å². The number of carbonyl (C=O) groups excluding carboxylic acids is 1. The Morgan fingerprint density at radius 1 is 1.33 bits per heavy atom. The van der Waals surface area contributed by atoms with Gasteiger partial charge in [0.25, 0.3) is 0 Å². The monoisotopic (exact) mass is 208 g/mol. The highest BCUT2D eigenvalue weighted by molar-refractivity contribution is 5.89. The van der Waals surface area contributed by atoms with Crippen molar-refractivity contribution in [2.75, 3.05) is 25.1 Å². The molecule has 1 aromatic rings. The molecule has 0 aromatic heterocycles. The van der Waals surface area contributed by atoms with Gasteiger partial charge in [0.2, 0.25) is 0 Å². The van der Waals surface area contributed by atoms with Gasteiger partial charge in [-0.15, -0.1) is 0 Å². The summed E-state index contributed by atoms with van der Waals surface area (Å²) in [5.41, 5.74) is 0.784. The van der Waals surface area contributed by atoms with Crippen molar-refractivity contribution < 1.29 is 9.53 Å². The second-order valence-electron chi connectivity index (χ2n) is 2.94. The van der Waals surface area contributed by atoms with Gasteiger partial charge in [-0.05, 0) is 19.1 Å². The molecule has 1 rings (SSSR count). The van der Waals surface area contributed by atoms with E-state index in [1.165, 1.54) is 0 Å². The summed E-state index contributed by atoms with van der Waals surface area (Å²) in [5.74, 6) is 0. The Bertz CT molecular complexity index is 288. The minimum atomic E-state index is -0.207. The van der Waals surface area contributed by atoms with Gasteiger partial charge in [0.1, 0.15) is 0 Å². The lowest BCUT2D eigenvalue weighted by Gasteiger charge is -2.07. The number of carbonyl (C=O) groups is 1. The van der Waals surface area contributed by atoms with E-state index in [4.69, 9.17) is 4.74 Å². The van der Waals surface area contributed by atoms with E-state index in [1.807, 2.05) is 37.3 Å². The number of hydrogen-bond donors (Lipinski definition) is 2. The summed E-state index contributed by atoms with van der Waals surface area (Å²) < 4.78 is 5.09. The van der Waals surface area contributed by atoms with E-state index < -0.39 is 0 Å². The minimum absolute atomic E-state index is 0.207. The van der Waals surface area contributed by atoms with Crippen LogP contribution in [0.5, 0.6) is 0 Å². The van der Waals surface area contributed by atoms with Crippen molar-refractivity contribution in [3.05, 3.63) is 30.3 Å². The van der Waals surface area contributed by atoms with Crippen LogP contribution in [-0.4, -0.2) is 25.8 Å². The summed E-state index contributed by atoms with van der Waals surface area (Å²) in [6.45, 7) is 3.65. The minimum Gasteiger partial charge on any atom is -0.380 e. The third-order valence-corrected chi connectivity index (χ3v) is 1.77. The summed E-state index contributed by atoms with van der Waals surface area (Å²) in [5, 5.41) is 5.40. The third-order valence-electron chi connectivity index (χ3n) is 1.77. The third kappa shape index (κ3) is 5.02. The van der Waals surface area contributed by atoms with Crippen LogP contribution in [0.3, 0.4) is 0 Å². The fourth-order valence-corrected chi connectivity index (χ4v) is 1.08. The van der Waals surface area contributed by atoms with Gasteiger partial charge in [-0.25, -0.2) is 4.79 Å². The lowest BCUT2D eigenvalue weighted by Crippen LogP contribution is -2.31. The van der Waals surface area contributed by atoms with Gasteiger partial charge in [0.05, 0.1) is 6.61 Å². The molecule has 0 fully saturated rings. The van der Waals surface area contributed by atoms with Crippen molar-refractivity contribution in [2.24, 2.45) is 0 Å². The molecular formula is C11H16N2O2. The maximum atomic E-state index is 11.3. The zero-order valence-corrected chi connectivity index (χ0v) is 8.82. The van der Waals surface area contributed by atoms with E-state index in [-0.39, 0.29) is 6.03 Å². The molecule has 0 bridgehead atoms. The lowest BCUT2D eigenvalue weighted by molar-refractivity contribution is 0.150. The molecular weight excluding hydrogens is 192 g/mol. The van der Waals surface area contributed by atoms with Crippen LogP contribution in [0.2, 0.25) is 0 Å². The van der Waals surface area contributed by atoms with Gasteiger partial charge in [0, 0.05) is 18.8 Å². The van der Waals surface area contributed by atoms with E-state index in [0.29, 0.717) is 19.8 Å². The summed E-state index contributed by atoms with van der Waals surface area (Å²) >= 11 is 0. The summed E-state index contributed by atoms with van der Waals surface area (Å²) in [6, 6.07) is 9.11. The molecule has 0 saturated carbocycles. The first-order valence-electron chi connectivity index (χ1n) is 5.00. The standard InChI is InChI=1S/C11H16N2O2/c1-2-15-9-8-12-11(14)13-10-6-4-3-5-7-10/h3-7H,2,8-9H2,1H3,(H2,12,13,14). The van der Waals surface area contributed by atoms with Crippen LogP contribution in [0.15, 0.2) is 30.3 Å². The molecule has 15 heavy (non-hydrogen) atoms. The van der Waals surface area contributed by atoms with E-state index in [9.17, 15) is 4.79 Å². The molecule has 0 aliphatic heterocycles. The highest BCUT2D eigenvalue weighted by Crippen LogP contribution is 2.03. The zero-order valence-electron chi connectivity index (χ0n) is 8.82. The average Bonchev–Trinajstić information content (AvgIpc) is 2.26. The van der Waals surface area contributed by atoms with Crippen molar-refractivity contribution in [3.63, 3.8) is 0 Å². The molecule has 0 radical (unpaired) electrons. The first-order chi connectivity index (χ1) is 7.33. The van der Waals surface area contributed by atoms with E-state index in [1.54, 1.807) is 0 Å². The van der Waals surface area contributed by atoms with Crippen molar-refractivity contribution >= 4 is 11.7 Å². The average molecular weight is 208 g/mol. The largest absolute Gasteiger partial charge is 0.380 e. The summed E-state index contributed by atoms with van der Waals surface area (Å²) in [7, 11) is 0. The van der Waals surface area contributed by atoms with Crippen LogP contribution in [0, 0.1) is 0 Å². The topological polar surface area (TPSA) is 50.4 Å². The van der Waals surface area contributed by atoms with Crippen molar-refractivity contribution in [1.82, 2.24) is 5.32 Å². The normalized spacial score (nSPS) is 9.67. The van der Waals surface area contributed by atoms with Crippen LogP contribution < -0.4 is 10.6 Å². The molecule has 2 amide bonds. The van der Waals surface area contributed by atoms with Crippen molar-refractivity contribution in [3.8, 4) is 0 Å². The molecule has 0 atom stereocenters. The maximum Gasteiger partial charge on any atom is 0.319 e. The number of benzene rings is 1. The fraction of sp³-hybridized carbons (Fsp3) is 0.364. The number of rotatable bonds is 5. The second kappa shape index (κ2) is 6.84. The Hall–Kier alpha value is -1.55. The lowest BCUT2D eigenvalue weighted by atomic mass is 10.3. The van der Waals surface area contributed by atoms with Gasteiger partial charge in [-0.3, -0.25) is 0 Å². The molecule has 82 valence electrons. The Morgan fingerprint density at radius 2 is 2.07 bits per heavy atom. The molecule has 1 aromatic carbocycles. The number of ether oxygens (including phenoxy) is 1. The van der Waals surface area contributed by atoms with Crippen LogP contribution in [0.4, 0.5) is 10.5 Å². The molecule has 0 spiro atoms. The van der Waals surface area contributed by atoms with Crippen molar-refractivity contribution in [2.45, 2.75) is 6.92 Å². The van der Waals surface area contributed by atoms with Crippen LogP contribution in [0.25, 0.3) is 0 Å². The highest BCUT2D eigenvalue weighted by Gasteiger charge is 1.98. The number of urea groups is 1. The second-order valence-corrected chi connectivity index (χ2v) is 2.94. The molecule has 0 unspecified atom stereocenters. The first kappa shape index (κ1) is 11.5. The van der Waals surface area contributed by atoms with Gasteiger partial charge in [-0.2, -0.15) is 0 Å². The quantitative estimate of drug-likeness (QED) is 0.725. The molecule has 0 saturated heterocycles. The van der Waals surface area contributed by atoms with E-state index >= 15 is 0 Å². The molecule has 2 N–H and O–H groups in total. The Kier molecular flexibility index (Phi) is 5.25. The summed E-state index contributed by atoms with van der Waals surface area (Å²) in [4.78, 5) is 11.3. The van der Waals surface area contributed by atoms with E-state index in [0.717, 1.165) is 5.69 Å². The molecule has 0 aliphatic carbocycles. The first-order valence-corrected chi connectivity index (χ1v) is 5.00.